The lowest BCUT2D eigenvalue weighted by molar-refractivity contribution is -0.123. The molecule has 2 heterocycles. The van der Waals surface area contributed by atoms with Gasteiger partial charge in [-0.15, -0.1) is 10.2 Å². The molecule has 0 aliphatic heterocycles. The van der Waals surface area contributed by atoms with Gasteiger partial charge in [0, 0.05) is 24.3 Å². The molecule has 164 valence electrons. The first-order chi connectivity index (χ1) is 16.2. The summed E-state index contributed by atoms with van der Waals surface area (Å²) in [6, 6.07) is 24.4. The summed E-state index contributed by atoms with van der Waals surface area (Å²) in [5.41, 5.74) is 4.70. The molecule has 1 atom stereocenters. The van der Waals surface area contributed by atoms with Crippen molar-refractivity contribution in [1.82, 2.24) is 30.0 Å². The molecule has 0 amide bonds. The van der Waals surface area contributed by atoms with E-state index in [-0.39, 0.29) is 11.7 Å². The molecule has 33 heavy (non-hydrogen) atoms. The molecular weight excluding hydrogens is 412 g/mol. The van der Waals surface area contributed by atoms with Crippen LogP contribution in [-0.2, 0) is 10.5 Å². The van der Waals surface area contributed by atoms with Gasteiger partial charge in [-0.1, -0.05) is 64.5 Å². The number of ketones is 1. The van der Waals surface area contributed by atoms with Crippen LogP contribution in [0.5, 0.6) is 0 Å². The molecular formula is C26H24N6O. The van der Waals surface area contributed by atoms with Gasteiger partial charge < -0.3 is 0 Å². The highest BCUT2D eigenvalue weighted by atomic mass is 16.1. The Labute approximate surface area is 191 Å². The number of aromatic nitrogens is 6. The van der Waals surface area contributed by atoms with E-state index in [1.165, 1.54) is 5.56 Å². The number of nitrogens with zero attached hydrogens (tertiary/aromatic N) is 6. The number of rotatable bonds is 4. The number of benzene rings is 3. The molecule has 7 nitrogen and oxygen atoms in total. The molecule has 0 bridgehead atoms. The van der Waals surface area contributed by atoms with Gasteiger partial charge >= 0.3 is 0 Å². The first-order valence-corrected chi connectivity index (χ1v) is 11.4. The van der Waals surface area contributed by atoms with Crippen molar-refractivity contribution in [3.05, 3.63) is 83.9 Å². The van der Waals surface area contributed by atoms with Crippen LogP contribution in [0.2, 0.25) is 0 Å². The van der Waals surface area contributed by atoms with Gasteiger partial charge in [-0.25, -0.2) is 9.36 Å². The third-order valence-corrected chi connectivity index (χ3v) is 6.88. The molecule has 7 heteroatoms. The Kier molecular flexibility index (Phi) is 4.57. The van der Waals surface area contributed by atoms with Gasteiger partial charge in [-0.2, -0.15) is 0 Å². The summed E-state index contributed by atoms with van der Waals surface area (Å²) in [7, 11) is 0. The predicted molar refractivity (Wildman–Crippen MR) is 126 cm³/mol. The fourth-order valence-electron chi connectivity index (χ4n) is 5.32. The Hall–Kier alpha value is -3.87. The van der Waals surface area contributed by atoms with E-state index < -0.39 is 5.66 Å². The largest absolute Gasteiger partial charge is 0.300 e. The summed E-state index contributed by atoms with van der Waals surface area (Å²) in [6.07, 6.45) is 2.80. The number of fused-ring (bicyclic) bond motifs is 2. The minimum Gasteiger partial charge on any atom is -0.300 e. The Bertz CT molecular complexity index is 1390. The van der Waals surface area contributed by atoms with Crippen LogP contribution >= 0.6 is 0 Å². The Morgan fingerprint density at radius 3 is 1.97 bits per heavy atom. The molecule has 1 unspecified atom stereocenters. The average Bonchev–Trinajstić information content (AvgIpc) is 3.47. The summed E-state index contributed by atoms with van der Waals surface area (Å²) < 4.78 is 3.94. The third-order valence-electron chi connectivity index (χ3n) is 6.88. The van der Waals surface area contributed by atoms with Crippen LogP contribution in [0.3, 0.4) is 0 Å². The molecule has 0 spiro atoms. The Balaban J connectivity index is 1.76. The van der Waals surface area contributed by atoms with Crippen LogP contribution in [0.25, 0.3) is 22.1 Å². The van der Waals surface area contributed by atoms with Crippen molar-refractivity contribution < 1.29 is 4.79 Å². The van der Waals surface area contributed by atoms with Crippen molar-refractivity contribution in [2.45, 2.75) is 38.3 Å². The number of carbonyl (C=O) groups is 1. The molecule has 6 rings (SSSR count). The van der Waals surface area contributed by atoms with E-state index >= 15 is 0 Å². The van der Waals surface area contributed by atoms with Crippen molar-refractivity contribution in [1.29, 1.82) is 0 Å². The zero-order valence-corrected chi connectivity index (χ0v) is 18.4. The van der Waals surface area contributed by atoms with Gasteiger partial charge in [-0.3, -0.25) is 4.79 Å². The van der Waals surface area contributed by atoms with Crippen LogP contribution in [0.1, 0.15) is 36.8 Å². The first kappa shape index (κ1) is 19.8. The van der Waals surface area contributed by atoms with Crippen molar-refractivity contribution in [3.8, 4) is 0 Å². The van der Waals surface area contributed by atoms with Crippen LogP contribution in [0.4, 0.5) is 0 Å². The van der Waals surface area contributed by atoms with Crippen LogP contribution in [0.15, 0.2) is 72.8 Å². The molecule has 2 aromatic heterocycles. The SMILES string of the molecule is Cc1ccc(C(C2CCCC(=O)C2)(n2nnc3ccccc32)n2nnc3ccccc32)cc1. The van der Waals surface area contributed by atoms with E-state index in [0.29, 0.717) is 12.8 Å². The van der Waals surface area contributed by atoms with Gasteiger partial charge in [-0.05, 0) is 44.0 Å². The number of hydrogen-bond donors (Lipinski definition) is 0. The van der Waals surface area contributed by atoms with E-state index in [9.17, 15) is 4.79 Å². The van der Waals surface area contributed by atoms with Crippen molar-refractivity contribution >= 4 is 27.9 Å². The minimum atomic E-state index is -0.893. The molecule has 5 aromatic rings. The summed E-state index contributed by atoms with van der Waals surface area (Å²) >= 11 is 0. The smallest absolute Gasteiger partial charge is 0.187 e. The number of para-hydroxylation sites is 2. The molecule has 0 radical (unpaired) electrons. The molecule has 0 N–H and O–H groups in total. The van der Waals surface area contributed by atoms with Gasteiger partial charge in [0.05, 0.1) is 11.0 Å². The standard InChI is InChI=1S/C26H24N6O/c1-18-13-15-19(16-14-18)26(20-7-6-8-21(33)17-20,31-24-11-4-2-9-22(24)27-29-31)32-25-12-5-3-10-23(25)28-30-32/h2-5,9-16,20H,6-8,17H2,1H3. The van der Waals surface area contributed by atoms with Crippen LogP contribution < -0.4 is 0 Å². The van der Waals surface area contributed by atoms with Crippen molar-refractivity contribution in [2.75, 3.05) is 0 Å². The fourth-order valence-corrected chi connectivity index (χ4v) is 5.32. The topological polar surface area (TPSA) is 78.5 Å². The molecule has 1 saturated carbocycles. The van der Waals surface area contributed by atoms with Crippen molar-refractivity contribution in [3.63, 3.8) is 0 Å². The first-order valence-electron chi connectivity index (χ1n) is 11.4. The molecule has 1 fully saturated rings. The highest BCUT2D eigenvalue weighted by Gasteiger charge is 2.49. The Morgan fingerprint density at radius 1 is 0.818 bits per heavy atom. The van der Waals surface area contributed by atoms with E-state index in [4.69, 9.17) is 10.4 Å². The summed E-state index contributed by atoms with van der Waals surface area (Å²) in [5, 5.41) is 18.4. The average molecular weight is 437 g/mol. The maximum absolute atomic E-state index is 12.8. The molecule has 1 aliphatic carbocycles. The number of aryl methyl sites for hydroxylation is 1. The van der Waals surface area contributed by atoms with Crippen LogP contribution in [0, 0.1) is 12.8 Å². The van der Waals surface area contributed by atoms with Gasteiger partial charge in [0.1, 0.15) is 16.8 Å². The predicted octanol–water partition coefficient (Wildman–Crippen LogP) is 4.49. The summed E-state index contributed by atoms with van der Waals surface area (Å²) in [5.74, 6) is 0.216. The maximum Gasteiger partial charge on any atom is 0.187 e. The van der Waals surface area contributed by atoms with E-state index in [2.05, 4.69) is 41.4 Å². The highest BCUT2D eigenvalue weighted by Crippen LogP contribution is 2.44. The molecule has 1 aliphatic rings. The number of hydrogen-bond acceptors (Lipinski definition) is 5. The summed E-state index contributed by atoms with van der Waals surface area (Å²) in [6.45, 7) is 2.07. The maximum atomic E-state index is 12.8. The van der Waals surface area contributed by atoms with Gasteiger partial charge in [0.2, 0.25) is 0 Å². The van der Waals surface area contributed by atoms with Gasteiger partial charge in [0.25, 0.3) is 0 Å². The third kappa shape index (κ3) is 2.99. The van der Waals surface area contributed by atoms with Crippen LogP contribution in [-0.4, -0.2) is 35.8 Å². The minimum absolute atomic E-state index is 0.0586. The lowest BCUT2D eigenvalue weighted by atomic mass is 9.75. The number of Topliss-reactive ketones (excluding diaryl/α,β-unsaturated/α-hetero) is 1. The van der Waals surface area contributed by atoms with E-state index in [0.717, 1.165) is 40.5 Å². The zero-order chi connectivity index (χ0) is 22.4. The van der Waals surface area contributed by atoms with E-state index in [1.54, 1.807) is 0 Å². The molecule has 3 aromatic carbocycles. The highest BCUT2D eigenvalue weighted by molar-refractivity contribution is 5.80. The molecule has 0 saturated heterocycles. The Morgan fingerprint density at radius 2 is 1.39 bits per heavy atom. The van der Waals surface area contributed by atoms with E-state index in [1.807, 2.05) is 57.9 Å². The van der Waals surface area contributed by atoms with Gasteiger partial charge in [0.15, 0.2) is 5.66 Å². The monoisotopic (exact) mass is 436 g/mol. The number of carbonyl (C=O) groups excluding carboxylic acids is 1. The second-order valence-corrected chi connectivity index (χ2v) is 8.90. The lowest BCUT2D eigenvalue weighted by Gasteiger charge is -2.43. The second kappa shape index (κ2) is 7.62. The quantitative estimate of drug-likeness (QED) is 0.415. The summed E-state index contributed by atoms with van der Waals surface area (Å²) in [4.78, 5) is 12.8. The second-order valence-electron chi connectivity index (χ2n) is 8.90. The lowest BCUT2D eigenvalue weighted by Crippen LogP contribution is -2.51. The zero-order valence-electron chi connectivity index (χ0n) is 18.4. The fraction of sp³-hybridized carbons (Fsp3) is 0.269. The normalized spacial score (nSPS) is 17.1. The van der Waals surface area contributed by atoms with Crippen molar-refractivity contribution in [2.24, 2.45) is 5.92 Å².